The molecule has 2 aromatic heterocycles. The maximum absolute atomic E-state index is 4.63. The Morgan fingerprint density at radius 2 is 1.95 bits per heavy atom. The summed E-state index contributed by atoms with van der Waals surface area (Å²) in [4.78, 5) is 13.5. The molecule has 0 amide bonds. The van der Waals surface area contributed by atoms with Gasteiger partial charge in [-0.05, 0) is 24.6 Å². The van der Waals surface area contributed by atoms with Gasteiger partial charge in [0.15, 0.2) is 5.82 Å². The lowest BCUT2D eigenvalue weighted by Crippen LogP contribution is -2.07. The summed E-state index contributed by atoms with van der Waals surface area (Å²) >= 11 is 0. The van der Waals surface area contributed by atoms with E-state index in [0.29, 0.717) is 18.9 Å². The first-order chi connectivity index (χ1) is 10.8. The van der Waals surface area contributed by atoms with Gasteiger partial charge in [-0.25, -0.2) is 9.67 Å². The van der Waals surface area contributed by atoms with Crippen LogP contribution in [0.3, 0.4) is 0 Å². The van der Waals surface area contributed by atoms with Crippen molar-refractivity contribution < 1.29 is 0 Å². The summed E-state index contributed by atoms with van der Waals surface area (Å²) < 4.78 is 1.92. The van der Waals surface area contributed by atoms with Crippen LogP contribution in [0.5, 0.6) is 0 Å². The standard InChI is InChI=1S/C17H15N5/c1-12-20-17(16-14-8-5-9-18-15(14)10-19-16)21-22(12)11-13-6-3-2-4-7-13/h2-9H,10-11H2,1H3. The van der Waals surface area contributed by atoms with Crippen molar-refractivity contribution in [3.05, 3.63) is 77.1 Å². The predicted molar refractivity (Wildman–Crippen MR) is 83.9 cm³/mol. The van der Waals surface area contributed by atoms with Gasteiger partial charge >= 0.3 is 0 Å². The van der Waals surface area contributed by atoms with Gasteiger partial charge in [0.25, 0.3) is 0 Å². The molecule has 4 rings (SSSR count). The predicted octanol–water partition coefficient (Wildman–Crippen LogP) is 2.38. The van der Waals surface area contributed by atoms with Crippen LogP contribution in [-0.4, -0.2) is 25.5 Å². The molecule has 1 aliphatic heterocycles. The molecular weight excluding hydrogens is 274 g/mol. The first kappa shape index (κ1) is 12.9. The van der Waals surface area contributed by atoms with E-state index in [2.05, 4.69) is 32.2 Å². The lowest BCUT2D eigenvalue weighted by atomic mass is 10.1. The van der Waals surface area contributed by atoms with Gasteiger partial charge in [-0.3, -0.25) is 9.98 Å². The zero-order chi connectivity index (χ0) is 14.9. The van der Waals surface area contributed by atoms with Gasteiger partial charge < -0.3 is 0 Å². The van der Waals surface area contributed by atoms with Crippen molar-refractivity contribution in [1.82, 2.24) is 19.7 Å². The lowest BCUT2D eigenvalue weighted by Gasteiger charge is -2.02. The average Bonchev–Trinajstić information content (AvgIpc) is 3.12. The number of pyridine rings is 1. The van der Waals surface area contributed by atoms with Crippen LogP contribution in [0.15, 0.2) is 53.7 Å². The molecule has 3 aromatic rings. The molecule has 0 unspecified atom stereocenters. The van der Waals surface area contributed by atoms with Gasteiger partial charge in [0.1, 0.15) is 11.5 Å². The molecule has 0 saturated carbocycles. The zero-order valence-electron chi connectivity index (χ0n) is 12.3. The fourth-order valence-electron chi connectivity index (χ4n) is 2.64. The minimum atomic E-state index is 0.609. The fraction of sp³-hybridized carbons (Fsp3) is 0.176. The molecule has 1 aromatic carbocycles. The first-order valence-corrected chi connectivity index (χ1v) is 7.26. The summed E-state index contributed by atoms with van der Waals surface area (Å²) in [5.41, 5.74) is 4.09. The largest absolute Gasteiger partial charge is 0.274 e. The minimum absolute atomic E-state index is 0.609. The highest BCUT2D eigenvalue weighted by molar-refractivity contribution is 6.12. The van der Waals surface area contributed by atoms with E-state index in [9.17, 15) is 0 Å². The maximum atomic E-state index is 4.63. The molecule has 0 aliphatic carbocycles. The van der Waals surface area contributed by atoms with Crippen molar-refractivity contribution >= 4 is 5.71 Å². The monoisotopic (exact) mass is 289 g/mol. The van der Waals surface area contributed by atoms with Crippen molar-refractivity contribution in [3.63, 3.8) is 0 Å². The van der Waals surface area contributed by atoms with Gasteiger partial charge in [0.05, 0.1) is 18.8 Å². The topological polar surface area (TPSA) is 56.0 Å². The van der Waals surface area contributed by atoms with Crippen molar-refractivity contribution in [2.75, 3.05) is 0 Å². The minimum Gasteiger partial charge on any atom is -0.274 e. The van der Waals surface area contributed by atoms with Crippen LogP contribution < -0.4 is 0 Å². The Bertz CT molecular complexity index is 848. The SMILES string of the molecule is Cc1nc(C2=NCc3ncccc32)nn1Cc1ccccc1. The van der Waals surface area contributed by atoms with E-state index >= 15 is 0 Å². The molecule has 22 heavy (non-hydrogen) atoms. The van der Waals surface area contributed by atoms with Crippen LogP contribution in [-0.2, 0) is 13.1 Å². The Morgan fingerprint density at radius 1 is 1.09 bits per heavy atom. The average molecular weight is 289 g/mol. The van der Waals surface area contributed by atoms with Gasteiger partial charge in [-0.2, -0.15) is 0 Å². The molecule has 0 saturated heterocycles. The number of benzene rings is 1. The fourth-order valence-corrected chi connectivity index (χ4v) is 2.64. The zero-order valence-corrected chi connectivity index (χ0v) is 12.3. The molecule has 108 valence electrons. The summed E-state index contributed by atoms with van der Waals surface area (Å²) in [6.07, 6.45) is 1.80. The van der Waals surface area contributed by atoms with Crippen LogP contribution in [0, 0.1) is 6.92 Å². The number of nitrogens with zero attached hydrogens (tertiary/aromatic N) is 5. The van der Waals surface area contributed by atoms with Gasteiger partial charge in [-0.1, -0.05) is 30.3 Å². The van der Waals surface area contributed by atoms with E-state index in [-0.39, 0.29) is 0 Å². The Labute approximate surface area is 128 Å². The Hall–Kier alpha value is -2.82. The van der Waals surface area contributed by atoms with Crippen molar-refractivity contribution in [3.8, 4) is 0 Å². The third-order valence-electron chi connectivity index (χ3n) is 3.78. The normalized spacial score (nSPS) is 13.0. The molecule has 5 heteroatoms. The highest BCUT2D eigenvalue weighted by Gasteiger charge is 2.22. The van der Waals surface area contributed by atoms with Crippen LogP contribution in [0.1, 0.15) is 28.5 Å². The molecule has 0 fully saturated rings. The summed E-state index contributed by atoms with van der Waals surface area (Å²) in [7, 11) is 0. The molecule has 1 aliphatic rings. The molecule has 3 heterocycles. The third-order valence-corrected chi connectivity index (χ3v) is 3.78. The molecule has 0 spiro atoms. The van der Waals surface area contributed by atoms with E-state index in [1.165, 1.54) is 5.56 Å². The summed E-state index contributed by atoms with van der Waals surface area (Å²) in [5.74, 6) is 1.57. The lowest BCUT2D eigenvalue weighted by molar-refractivity contribution is 0.659. The van der Waals surface area contributed by atoms with Crippen molar-refractivity contribution in [2.45, 2.75) is 20.0 Å². The maximum Gasteiger partial charge on any atom is 0.200 e. The van der Waals surface area contributed by atoms with E-state index in [0.717, 1.165) is 22.8 Å². The van der Waals surface area contributed by atoms with Gasteiger partial charge in [0, 0.05) is 11.8 Å². The number of aliphatic imine (C=N–C) groups is 1. The second kappa shape index (κ2) is 5.18. The Kier molecular flexibility index (Phi) is 3.04. The number of hydrogen-bond acceptors (Lipinski definition) is 4. The van der Waals surface area contributed by atoms with Gasteiger partial charge in [0.2, 0.25) is 0 Å². The number of hydrogen-bond donors (Lipinski definition) is 0. The van der Waals surface area contributed by atoms with Crippen molar-refractivity contribution in [2.24, 2.45) is 4.99 Å². The first-order valence-electron chi connectivity index (χ1n) is 7.26. The van der Waals surface area contributed by atoms with Crippen molar-refractivity contribution in [1.29, 1.82) is 0 Å². The molecule has 0 bridgehead atoms. The second-order valence-electron chi connectivity index (χ2n) is 5.29. The quantitative estimate of drug-likeness (QED) is 0.744. The molecule has 0 radical (unpaired) electrons. The van der Waals surface area contributed by atoms with E-state index in [1.807, 2.05) is 41.9 Å². The van der Waals surface area contributed by atoms with Crippen LogP contribution in [0.2, 0.25) is 0 Å². The third kappa shape index (κ3) is 2.20. The van der Waals surface area contributed by atoms with E-state index < -0.39 is 0 Å². The molecule has 5 nitrogen and oxygen atoms in total. The number of fused-ring (bicyclic) bond motifs is 1. The highest BCUT2D eigenvalue weighted by atomic mass is 15.3. The number of aryl methyl sites for hydroxylation is 1. The number of aromatic nitrogens is 4. The summed E-state index contributed by atoms with van der Waals surface area (Å²) in [6.45, 7) is 3.30. The smallest absolute Gasteiger partial charge is 0.200 e. The number of rotatable bonds is 3. The molecule has 0 N–H and O–H groups in total. The Morgan fingerprint density at radius 3 is 2.82 bits per heavy atom. The van der Waals surface area contributed by atoms with E-state index in [1.54, 1.807) is 6.20 Å². The molecule has 0 atom stereocenters. The second-order valence-corrected chi connectivity index (χ2v) is 5.29. The summed E-state index contributed by atoms with van der Waals surface area (Å²) in [5, 5.41) is 4.63. The van der Waals surface area contributed by atoms with Crippen LogP contribution in [0.4, 0.5) is 0 Å². The molecular formula is C17H15N5. The summed E-state index contributed by atoms with van der Waals surface area (Å²) in [6, 6.07) is 14.2. The van der Waals surface area contributed by atoms with Gasteiger partial charge in [-0.15, -0.1) is 5.10 Å². The van der Waals surface area contributed by atoms with Crippen LogP contribution >= 0.6 is 0 Å². The Balaban J connectivity index is 1.67. The van der Waals surface area contributed by atoms with Crippen LogP contribution in [0.25, 0.3) is 0 Å². The van der Waals surface area contributed by atoms with E-state index in [4.69, 9.17) is 0 Å². The highest BCUT2D eigenvalue weighted by Crippen LogP contribution is 2.19.